The number of alkyl halides is 1. The third-order valence-electron chi connectivity index (χ3n) is 2.22. The highest BCUT2D eigenvalue weighted by Crippen LogP contribution is 2.45. The standard InChI is InChI=1S/C10H9BrClNO/c11-10(5-6-10)9(14)13-8-4-2-1-3-7(8)12/h1-4H,5-6H2,(H,13,14). The normalized spacial score (nSPS) is 17.6. The molecule has 0 unspecified atom stereocenters. The van der Waals surface area contributed by atoms with Crippen LogP contribution in [0.2, 0.25) is 5.02 Å². The molecule has 74 valence electrons. The van der Waals surface area contributed by atoms with Crippen molar-refractivity contribution in [1.82, 2.24) is 0 Å². The molecule has 1 N–H and O–H groups in total. The van der Waals surface area contributed by atoms with E-state index < -0.39 is 0 Å². The molecule has 0 aliphatic heterocycles. The summed E-state index contributed by atoms with van der Waals surface area (Å²) in [4.78, 5) is 11.6. The first kappa shape index (κ1) is 9.99. The Morgan fingerprint density at radius 1 is 1.43 bits per heavy atom. The average Bonchev–Trinajstić information content (AvgIpc) is 2.89. The molecule has 0 heterocycles. The second-order valence-corrected chi connectivity index (χ2v) is 5.32. The Bertz CT molecular complexity index is 376. The van der Waals surface area contributed by atoms with Crippen LogP contribution in [-0.4, -0.2) is 10.2 Å². The van der Waals surface area contributed by atoms with Gasteiger partial charge in [0, 0.05) is 0 Å². The van der Waals surface area contributed by atoms with Gasteiger partial charge in [0.25, 0.3) is 0 Å². The summed E-state index contributed by atoms with van der Waals surface area (Å²) in [6.45, 7) is 0. The highest BCUT2D eigenvalue weighted by molar-refractivity contribution is 9.10. The minimum absolute atomic E-state index is 0.00870. The molecular formula is C10H9BrClNO. The van der Waals surface area contributed by atoms with Gasteiger partial charge in [0.15, 0.2) is 0 Å². The van der Waals surface area contributed by atoms with Gasteiger partial charge in [0.05, 0.1) is 10.7 Å². The lowest BCUT2D eigenvalue weighted by atomic mass is 10.3. The van der Waals surface area contributed by atoms with Crippen LogP contribution in [0, 0.1) is 0 Å². The summed E-state index contributed by atoms with van der Waals surface area (Å²) in [6, 6.07) is 7.22. The molecule has 0 atom stereocenters. The van der Waals surface area contributed by atoms with E-state index in [9.17, 15) is 4.79 Å². The van der Waals surface area contributed by atoms with Crippen LogP contribution in [0.15, 0.2) is 24.3 Å². The van der Waals surface area contributed by atoms with Gasteiger partial charge in [0.1, 0.15) is 4.32 Å². The Labute approximate surface area is 95.8 Å². The number of benzene rings is 1. The minimum atomic E-state index is -0.341. The molecular weight excluding hydrogens is 265 g/mol. The fourth-order valence-electron chi connectivity index (χ4n) is 1.13. The monoisotopic (exact) mass is 273 g/mol. The maximum Gasteiger partial charge on any atom is 0.241 e. The Hall–Kier alpha value is -0.540. The molecule has 1 aliphatic carbocycles. The molecule has 1 aromatic carbocycles. The molecule has 0 spiro atoms. The van der Waals surface area contributed by atoms with Crippen LogP contribution in [-0.2, 0) is 4.79 Å². The summed E-state index contributed by atoms with van der Waals surface area (Å²) >= 11 is 9.29. The predicted octanol–water partition coefficient (Wildman–Crippen LogP) is 3.21. The van der Waals surface area contributed by atoms with E-state index in [-0.39, 0.29) is 10.2 Å². The van der Waals surface area contributed by atoms with Crippen molar-refractivity contribution >= 4 is 39.1 Å². The van der Waals surface area contributed by atoms with Gasteiger partial charge < -0.3 is 5.32 Å². The number of amides is 1. The van der Waals surface area contributed by atoms with Gasteiger partial charge in [-0.2, -0.15) is 0 Å². The molecule has 2 nitrogen and oxygen atoms in total. The van der Waals surface area contributed by atoms with Gasteiger partial charge in [0.2, 0.25) is 5.91 Å². The first-order valence-corrected chi connectivity index (χ1v) is 5.54. The summed E-state index contributed by atoms with van der Waals surface area (Å²) in [5.41, 5.74) is 0.671. The number of hydrogen-bond donors (Lipinski definition) is 1. The quantitative estimate of drug-likeness (QED) is 0.825. The van der Waals surface area contributed by atoms with E-state index in [4.69, 9.17) is 11.6 Å². The third kappa shape index (κ3) is 1.93. The zero-order chi connectivity index (χ0) is 10.2. The largest absolute Gasteiger partial charge is 0.324 e. The van der Waals surface area contributed by atoms with E-state index in [2.05, 4.69) is 21.2 Å². The van der Waals surface area contributed by atoms with Gasteiger partial charge in [-0.3, -0.25) is 4.79 Å². The van der Waals surface area contributed by atoms with Crippen LogP contribution in [0.4, 0.5) is 5.69 Å². The smallest absolute Gasteiger partial charge is 0.241 e. The zero-order valence-corrected chi connectivity index (χ0v) is 9.73. The summed E-state index contributed by atoms with van der Waals surface area (Å²) in [6.07, 6.45) is 1.78. The van der Waals surface area contributed by atoms with Crippen LogP contribution in [0.1, 0.15) is 12.8 Å². The highest BCUT2D eigenvalue weighted by Gasteiger charge is 2.47. The second kappa shape index (κ2) is 3.55. The lowest BCUT2D eigenvalue weighted by molar-refractivity contribution is -0.116. The number of carbonyl (C=O) groups is 1. The molecule has 0 aromatic heterocycles. The fraction of sp³-hybridized carbons (Fsp3) is 0.300. The van der Waals surface area contributed by atoms with Crippen molar-refractivity contribution < 1.29 is 4.79 Å². The van der Waals surface area contributed by atoms with Gasteiger partial charge >= 0.3 is 0 Å². The molecule has 0 bridgehead atoms. The number of nitrogens with one attached hydrogen (secondary N) is 1. The third-order valence-corrected chi connectivity index (χ3v) is 3.70. The molecule has 1 aromatic rings. The predicted molar refractivity (Wildman–Crippen MR) is 61.0 cm³/mol. The lowest BCUT2D eigenvalue weighted by Crippen LogP contribution is -2.24. The Kier molecular flexibility index (Phi) is 2.54. The molecule has 4 heteroatoms. The van der Waals surface area contributed by atoms with Crippen molar-refractivity contribution in [2.45, 2.75) is 17.2 Å². The van der Waals surface area contributed by atoms with Gasteiger partial charge in [-0.25, -0.2) is 0 Å². The molecule has 1 saturated carbocycles. The zero-order valence-electron chi connectivity index (χ0n) is 7.39. The first-order chi connectivity index (χ1) is 6.62. The number of para-hydroxylation sites is 1. The Morgan fingerprint density at radius 3 is 2.64 bits per heavy atom. The van der Waals surface area contributed by atoms with Gasteiger partial charge in [-0.05, 0) is 25.0 Å². The Balaban J connectivity index is 2.11. The molecule has 0 saturated heterocycles. The maximum atomic E-state index is 11.6. The number of halogens is 2. The van der Waals surface area contributed by atoms with E-state index in [1.165, 1.54) is 0 Å². The van der Waals surface area contributed by atoms with E-state index in [1.54, 1.807) is 12.1 Å². The summed E-state index contributed by atoms with van der Waals surface area (Å²) in [7, 11) is 0. The van der Waals surface area contributed by atoms with Crippen LogP contribution in [0.25, 0.3) is 0 Å². The molecule has 1 fully saturated rings. The van der Waals surface area contributed by atoms with E-state index >= 15 is 0 Å². The maximum absolute atomic E-state index is 11.6. The van der Waals surface area contributed by atoms with Crippen molar-refractivity contribution in [2.24, 2.45) is 0 Å². The van der Waals surface area contributed by atoms with E-state index in [1.807, 2.05) is 12.1 Å². The summed E-state index contributed by atoms with van der Waals surface area (Å²) in [5.74, 6) is -0.00870. The average molecular weight is 275 g/mol. The van der Waals surface area contributed by atoms with Crippen LogP contribution >= 0.6 is 27.5 Å². The Morgan fingerprint density at radius 2 is 2.07 bits per heavy atom. The van der Waals surface area contributed by atoms with Crippen molar-refractivity contribution in [3.05, 3.63) is 29.3 Å². The SMILES string of the molecule is O=C(Nc1ccccc1Cl)C1(Br)CC1. The number of hydrogen-bond acceptors (Lipinski definition) is 1. The van der Waals surface area contributed by atoms with Crippen molar-refractivity contribution in [2.75, 3.05) is 5.32 Å². The molecule has 1 amide bonds. The lowest BCUT2D eigenvalue weighted by Gasteiger charge is -2.09. The highest BCUT2D eigenvalue weighted by atomic mass is 79.9. The number of anilines is 1. The first-order valence-electron chi connectivity index (χ1n) is 4.37. The fourth-order valence-corrected chi connectivity index (χ4v) is 1.61. The minimum Gasteiger partial charge on any atom is -0.324 e. The van der Waals surface area contributed by atoms with Crippen LogP contribution in [0.5, 0.6) is 0 Å². The van der Waals surface area contributed by atoms with E-state index in [0.717, 1.165) is 12.8 Å². The van der Waals surface area contributed by atoms with Crippen molar-refractivity contribution in [3.8, 4) is 0 Å². The molecule has 0 radical (unpaired) electrons. The van der Waals surface area contributed by atoms with Gasteiger partial charge in [-0.1, -0.05) is 39.7 Å². The number of carbonyl (C=O) groups excluding carboxylic acids is 1. The topological polar surface area (TPSA) is 29.1 Å². The molecule has 1 aliphatic rings. The van der Waals surface area contributed by atoms with Crippen molar-refractivity contribution in [3.63, 3.8) is 0 Å². The number of rotatable bonds is 2. The molecule has 2 rings (SSSR count). The van der Waals surface area contributed by atoms with Crippen LogP contribution in [0.3, 0.4) is 0 Å². The van der Waals surface area contributed by atoms with Crippen LogP contribution < -0.4 is 5.32 Å². The summed E-state index contributed by atoms with van der Waals surface area (Å²) in [5, 5.41) is 3.36. The second-order valence-electron chi connectivity index (χ2n) is 3.40. The molecule has 14 heavy (non-hydrogen) atoms. The van der Waals surface area contributed by atoms with Gasteiger partial charge in [-0.15, -0.1) is 0 Å². The van der Waals surface area contributed by atoms with Crippen molar-refractivity contribution in [1.29, 1.82) is 0 Å². The summed E-state index contributed by atoms with van der Waals surface area (Å²) < 4.78 is -0.341. The van der Waals surface area contributed by atoms with E-state index in [0.29, 0.717) is 10.7 Å².